The number of rotatable bonds is 4. The third-order valence-electron chi connectivity index (χ3n) is 6.02. The van der Waals surface area contributed by atoms with Crippen LogP contribution in [0.2, 0.25) is 5.02 Å². The lowest BCUT2D eigenvalue weighted by atomic mass is 9.71. The molecule has 2 aromatic rings. The van der Waals surface area contributed by atoms with E-state index in [0.717, 1.165) is 11.3 Å². The van der Waals surface area contributed by atoms with Crippen LogP contribution in [0.3, 0.4) is 0 Å². The molecule has 2 aliphatic rings. The van der Waals surface area contributed by atoms with E-state index in [0.29, 0.717) is 33.9 Å². The molecule has 0 amide bonds. The molecule has 1 aliphatic heterocycles. The minimum absolute atomic E-state index is 0.0639. The van der Waals surface area contributed by atoms with Gasteiger partial charge >= 0.3 is 5.97 Å². The molecule has 32 heavy (non-hydrogen) atoms. The number of carbonyl (C=O) groups is 2. The second kappa shape index (κ2) is 8.59. The predicted octanol–water partition coefficient (Wildman–Crippen LogP) is 4.78. The fourth-order valence-electron chi connectivity index (χ4n) is 4.57. The maximum Gasteiger partial charge on any atom is 0.336 e. The number of non-ortho nitro benzene ring substituents is 1. The minimum Gasteiger partial charge on any atom is -0.466 e. The zero-order valence-electron chi connectivity index (χ0n) is 17.6. The van der Waals surface area contributed by atoms with Gasteiger partial charge in [-0.25, -0.2) is 4.79 Å². The number of nitro benzene ring substituents is 1. The second-order valence-electron chi connectivity index (χ2n) is 7.88. The Labute approximate surface area is 189 Å². The number of nitrogens with zero attached hydrogens (tertiary/aromatic N) is 1. The number of methoxy groups -OCH3 is 1. The Balaban J connectivity index is 1.81. The Morgan fingerprint density at radius 2 is 1.84 bits per heavy atom. The van der Waals surface area contributed by atoms with E-state index in [9.17, 15) is 19.7 Å². The molecule has 0 aromatic heterocycles. The van der Waals surface area contributed by atoms with E-state index < -0.39 is 16.8 Å². The van der Waals surface area contributed by atoms with Crippen molar-refractivity contribution in [3.63, 3.8) is 0 Å². The second-order valence-corrected chi connectivity index (χ2v) is 8.29. The summed E-state index contributed by atoms with van der Waals surface area (Å²) in [6, 6.07) is 13.4. The maximum atomic E-state index is 13.4. The lowest BCUT2D eigenvalue weighted by Gasteiger charge is -2.36. The van der Waals surface area contributed by atoms with Crippen molar-refractivity contribution in [1.82, 2.24) is 5.32 Å². The minimum atomic E-state index is -0.667. The first kappa shape index (κ1) is 21.8. The Hall–Kier alpha value is -3.45. The molecule has 7 nitrogen and oxygen atoms in total. The topological polar surface area (TPSA) is 98.5 Å². The summed E-state index contributed by atoms with van der Waals surface area (Å²) in [5.41, 5.74) is 3.60. The van der Waals surface area contributed by atoms with Crippen LogP contribution in [-0.4, -0.2) is 23.8 Å². The van der Waals surface area contributed by atoms with E-state index in [1.807, 2.05) is 18.2 Å². The van der Waals surface area contributed by atoms with Gasteiger partial charge in [-0.1, -0.05) is 41.9 Å². The smallest absolute Gasteiger partial charge is 0.336 e. The van der Waals surface area contributed by atoms with Gasteiger partial charge in [-0.3, -0.25) is 14.9 Å². The summed E-state index contributed by atoms with van der Waals surface area (Å²) >= 11 is 6.38. The lowest BCUT2D eigenvalue weighted by Crippen LogP contribution is -2.36. The number of hydrogen-bond acceptors (Lipinski definition) is 6. The first-order valence-electron chi connectivity index (χ1n) is 10.1. The highest BCUT2D eigenvalue weighted by molar-refractivity contribution is 6.31. The number of Topliss-reactive ketones (excluding diaryl/α,β-unsaturated/α-hetero) is 1. The molecule has 1 heterocycles. The van der Waals surface area contributed by atoms with Crippen LogP contribution in [0.1, 0.15) is 42.7 Å². The van der Waals surface area contributed by atoms with Crippen LogP contribution < -0.4 is 5.32 Å². The van der Waals surface area contributed by atoms with E-state index in [-0.39, 0.29) is 23.8 Å². The molecular weight excluding hydrogens is 432 g/mol. The Morgan fingerprint density at radius 3 is 2.47 bits per heavy atom. The third-order valence-corrected chi connectivity index (χ3v) is 6.36. The van der Waals surface area contributed by atoms with Crippen LogP contribution in [0.25, 0.3) is 0 Å². The molecular formula is C24H21ClN2O5. The molecule has 2 aromatic carbocycles. The van der Waals surface area contributed by atoms with Crippen LogP contribution in [0.5, 0.6) is 0 Å². The van der Waals surface area contributed by atoms with Gasteiger partial charge in [0.05, 0.1) is 17.6 Å². The monoisotopic (exact) mass is 452 g/mol. The number of allylic oxidation sites excluding steroid dienone is 3. The quantitative estimate of drug-likeness (QED) is 0.407. The van der Waals surface area contributed by atoms with Gasteiger partial charge in [0.2, 0.25) is 0 Å². The van der Waals surface area contributed by atoms with Crippen LogP contribution in [0.4, 0.5) is 5.69 Å². The van der Waals surface area contributed by atoms with E-state index >= 15 is 0 Å². The van der Waals surface area contributed by atoms with Crippen LogP contribution >= 0.6 is 11.6 Å². The Bertz CT molecular complexity index is 1180. The molecule has 0 spiro atoms. The summed E-state index contributed by atoms with van der Waals surface area (Å²) < 4.78 is 5.00. The summed E-state index contributed by atoms with van der Waals surface area (Å²) in [4.78, 5) is 36.7. The molecule has 0 unspecified atom stereocenters. The number of nitrogens with one attached hydrogen (secondary N) is 1. The summed E-state index contributed by atoms with van der Waals surface area (Å²) in [6.07, 6.45) is 0.807. The predicted molar refractivity (Wildman–Crippen MR) is 119 cm³/mol. The van der Waals surface area contributed by atoms with E-state index in [2.05, 4.69) is 5.32 Å². The van der Waals surface area contributed by atoms with Gasteiger partial charge in [0.15, 0.2) is 5.78 Å². The number of carbonyl (C=O) groups excluding carboxylic acids is 2. The number of ketones is 1. The van der Waals surface area contributed by atoms with E-state index in [1.54, 1.807) is 25.1 Å². The molecule has 4 rings (SSSR count). The highest BCUT2D eigenvalue weighted by Crippen LogP contribution is 2.46. The zero-order chi connectivity index (χ0) is 23.0. The summed E-state index contributed by atoms with van der Waals surface area (Å²) in [5, 5.41) is 14.9. The van der Waals surface area contributed by atoms with Crippen molar-refractivity contribution in [2.24, 2.45) is 0 Å². The van der Waals surface area contributed by atoms with Crippen molar-refractivity contribution in [2.75, 3.05) is 7.11 Å². The van der Waals surface area contributed by atoms with Crippen molar-refractivity contribution in [3.8, 4) is 0 Å². The zero-order valence-corrected chi connectivity index (χ0v) is 18.3. The standard InChI is InChI=1S/C24H21ClN2O5/c1-13-21(24(29)32-2)22(14-7-9-16(10-8-14)27(30)31)23-19(26-13)11-15(12-20(23)28)17-5-3-4-6-18(17)25/h3-10,15,22,26H,11-12H2,1-2H3/t15-,22-/m0/s1. The first-order valence-corrected chi connectivity index (χ1v) is 10.5. The van der Waals surface area contributed by atoms with Crippen LogP contribution in [0, 0.1) is 10.1 Å². The molecule has 0 fully saturated rings. The van der Waals surface area contributed by atoms with Crippen molar-refractivity contribution in [1.29, 1.82) is 0 Å². The number of halogens is 1. The maximum absolute atomic E-state index is 13.4. The van der Waals surface area contributed by atoms with Crippen LogP contribution in [0.15, 0.2) is 71.1 Å². The van der Waals surface area contributed by atoms with Crippen molar-refractivity contribution < 1.29 is 19.2 Å². The van der Waals surface area contributed by atoms with E-state index in [1.165, 1.54) is 19.2 Å². The number of dihydropyridines is 1. The Morgan fingerprint density at radius 1 is 1.16 bits per heavy atom. The summed E-state index contributed by atoms with van der Waals surface area (Å²) in [7, 11) is 1.29. The van der Waals surface area contributed by atoms with E-state index in [4.69, 9.17) is 16.3 Å². The largest absolute Gasteiger partial charge is 0.466 e. The highest BCUT2D eigenvalue weighted by atomic mass is 35.5. The fraction of sp³-hybridized carbons (Fsp3) is 0.250. The highest BCUT2D eigenvalue weighted by Gasteiger charge is 2.41. The first-order chi connectivity index (χ1) is 15.3. The SMILES string of the molecule is COC(=O)C1=C(C)NC2=C(C(=O)C[C@@H](c3ccccc3Cl)C2)[C@H]1c1ccc([N+](=O)[O-])cc1. The van der Waals surface area contributed by atoms with Gasteiger partial charge < -0.3 is 10.1 Å². The number of nitro groups is 1. The average Bonchev–Trinajstić information content (AvgIpc) is 2.78. The molecule has 1 N–H and O–H groups in total. The van der Waals surface area contributed by atoms with Gasteiger partial charge in [-0.05, 0) is 36.5 Å². The van der Waals surface area contributed by atoms with Gasteiger partial charge in [0.25, 0.3) is 5.69 Å². The normalized spacial score (nSPS) is 20.5. The van der Waals surface area contributed by atoms with Crippen molar-refractivity contribution in [2.45, 2.75) is 31.6 Å². The number of ether oxygens (including phenoxy) is 1. The average molecular weight is 453 g/mol. The van der Waals surface area contributed by atoms with Gasteiger partial charge in [0.1, 0.15) is 0 Å². The molecule has 164 valence electrons. The van der Waals surface area contributed by atoms with Crippen molar-refractivity contribution in [3.05, 3.63) is 97.3 Å². The Kier molecular flexibility index (Phi) is 5.84. The molecule has 0 bridgehead atoms. The van der Waals surface area contributed by atoms with Crippen LogP contribution in [-0.2, 0) is 14.3 Å². The van der Waals surface area contributed by atoms with Crippen molar-refractivity contribution >= 4 is 29.0 Å². The third kappa shape index (κ3) is 3.80. The molecule has 0 saturated carbocycles. The summed E-state index contributed by atoms with van der Waals surface area (Å²) in [5.74, 6) is -1.40. The number of hydrogen-bond donors (Lipinski definition) is 1. The molecule has 2 atom stereocenters. The fourth-order valence-corrected chi connectivity index (χ4v) is 4.86. The molecule has 8 heteroatoms. The van der Waals surface area contributed by atoms with Gasteiger partial charge in [-0.15, -0.1) is 0 Å². The molecule has 0 radical (unpaired) electrons. The lowest BCUT2D eigenvalue weighted by molar-refractivity contribution is -0.384. The number of benzene rings is 2. The van der Waals surface area contributed by atoms with Gasteiger partial charge in [-0.2, -0.15) is 0 Å². The number of esters is 1. The van der Waals surface area contributed by atoms with Gasteiger partial charge in [0, 0.05) is 46.5 Å². The summed E-state index contributed by atoms with van der Waals surface area (Å²) in [6.45, 7) is 1.76. The molecule has 1 aliphatic carbocycles. The molecule has 0 saturated heterocycles.